The molecule has 1 aromatic carbocycles. The lowest BCUT2D eigenvalue weighted by atomic mass is 9.95. The van der Waals surface area contributed by atoms with Gasteiger partial charge in [-0.1, -0.05) is 32.4 Å². The highest BCUT2D eigenvalue weighted by atomic mass is 16.5. The fourth-order valence-corrected chi connectivity index (χ4v) is 2.03. The number of hydrazine groups is 1. The molecule has 3 heteroatoms. The second-order valence-corrected chi connectivity index (χ2v) is 5.35. The Hall–Kier alpha value is -1.06. The molecule has 18 heavy (non-hydrogen) atoms. The van der Waals surface area contributed by atoms with Crippen LogP contribution >= 0.6 is 0 Å². The van der Waals surface area contributed by atoms with Crippen LogP contribution in [0.1, 0.15) is 51.1 Å². The van der Waals surface area contributed by atoms with Gasteiger partial charge in [0, 0.05) is 6.04 Å². The van der Waals surface area contributed by atoms with Crippen molar-refractivity contribution in [3.05, 3.63) is 29.8 Å². The van der Waals surface area contributed by atoms with Gasteiger partial charge in [-0.25, -0.2) is 0 Å². The molecule has 1 aliphatic rings. The molecule has 3 nitrogen and oxygen atoms in total. The van der Waals surface area contributed by atoms with E-state index in [1.54, 1.807) is 0 Å². The summed E-state index contributed by atoms with van der Waals surface area (Å²) in [6, 6.07) is 8.56. The van der Waals surface area contributed by atoms with Crippen molar-refractivity contribution in [2.45, 2.75) is 51.7 Å². The summed E-state index contributed by atoms with van der Waals surface area (Å²) in [5, 5.41) is 0. The van der Waals surface area contributed by atoms with Crippen LogP contribution in [0.2, 0.25) is 0 Å². The van der Waals surface area contributed by atoms with Gasteiger partial charge in [-0.05, 0) is 42.9 Å². The number of hydrogen-bond donors (Lipinski definition) is 2. The summed E-state index contributed by atoms with van der Waals surface area (Å²) >= 11 is 0. The summed E-state index contributed by atoms with van der Waals surface area (Å²) in [7, 11) is 0. The molecule has 0 aliphatic heterocycles. The van der Waals surface area contributed by atoms with Crippen molar-refractivity contribution in [2.75, 3.05) is 0 Å². The average Bonchev–Trinajstić information content (AvgIpc) is 3.20. The van der Waals surface area contributed by atoms with Gasteiger partial charge in [0.25, 0.3) is 0 Å². The summed E-state index contributed by atoms with van der Waals surface area (Å²) in [6.07, 6.45) is 5.10. The first-order chi connectivity index (χ1) is 8.72. The molecular formula is C15H24N2O. The van der Waals surface area contributed by atoms with Crippen LogP contribution in [0.25, 0.3) is 0 Å². The summed E-state index contributed by atoms with van der Waals surface area (Å²) in [4.78, 5) is 0. The largest absolute Gasteiger partial charge is 0.490 e. The van der Waals surface area contributed by atoms with Gasteiger partial charge in [0.1, 0.15) is 5.75 Å². The zero-order valence-electron chi connectivity index (χ0n) is 11.4. The van der Waals surface area contributed by atoms with E-state index in [0.29, 0.717) is 12.0 Å². The summed E-state index contributed by atoms with van der Waals surface area (Å²) in [5.41, 5.74) is 4.15. The van der Waals surface area contributed by atoms with Crippen molar-refractivity contribution in [1.29, 1.82) is 0 Å². The van der Waals surface area contributed by atoms with Crippen LogP contribution in [0.15, 0.2) is 24.3 Å². The second-order valence-electron chi connectivity index (χ2n) is 5.35. The Balaban J connectivity index is 1.96. The first kappa shape index (κ1) is 13.4. The number of benzene rings is 1. The predicted octanol–water partition coefficient (Wildman–Crippen LogP) is 3.17. The molecule has 0 saturated heterocycles. The van der Waals surface area contributed by atoms with Crippen molar-refractivity contribution in [2.24, 2.45) is 11.8 Å². The lowest BCUT2D eigenvalue weighted by Crippen LogP contribution is -2.29. The molecule has 2 atom stereocenters. The summed E-state index contributed by atoms with van der Waals surface area (Å²) < 4.78 is 5.74. The van der Waals surface area contributed by atoms with E-state index in [0.717, 1.165) is 12.2 Å². The Labute approximate surface area is 110 Å². The van der Waals surface area contributed by atoms with E-state index in [1.165, 1.54) is 24.8 Å². The van der Waals surface area contributed by atoms with Gasteiger partial charge in [-0.3, -0.25) is 11.3 Å². The van der Waals surface area contributed by atoms with E-state index in [9.17, 15) is 0 Å². The van der Waals surface area contributed by atoms with Crippen molar-refractivity contribution in [3.63, 3.8) is 0 Å². The molecule has 1 aromatic rings. The Morgan fingerprint density at radius 1 is 1.33 bits per heavy atom. The maximum absolute atomic E-state index is 5.74. The first-order valence-corrected chi connectivity index (χ1v) is 6.95. The van der Waals surface area contributed by atoms with Crippen LogP contribution in [-0.2, 0) is 0 Å². The van der Waals surface area contributed by atoms with Gasteiger partial charge in [0.2, 0.25) is 0 Å². The highest BCUT2D eigenvalue weighted by Crippen LogP contribution is 2.28. The fraction of sp³-hybridized carbons (Fsp3) is 0.600. The zero-order chi connectivity index (χ0) is 13.0. The van der Waals surface area contributed by atoms with Crippen LogP contribution in [-0.4, -0.2) is 6.10 Å². The molecule has 3 N–H and O–H groups in total. The standard InChI is InChI=1S/C15H24N2O/c1-3-11(2)10-15(17-16)12-4-6-13(7-5-12)18-14-8-9-14/h4-7,11,14-15,17H,3,8-10,16H2,1-2H3. The Morgan fingerprint density at radius 2 is 2.00 bits per heavy atom. The van der Waals surface area contributed by atoms with Gasteiger partial charge >= 0.3 is 0 Å². The van der Waals surface area contributed by atoms with E-state index in [-0.39, 0.29) is 6.04 Å². The van der Waals surface area contributed by atoms with Gasteiger partial charge in [-0.2, -0.15) is 0 Å². The van der Waals surface area contributed by atoms with Gasteiger partial charge in [-0.15, -0.1) is 0 Å². The molecule has 2 rings (SSSR count). The molecule has 1 saturated carbocycles. The molecule has 0 radical (unpaired) electrons. The van der Waals surface area contributed by atoms with Crippen LogP contribution in [0, 0.1) is 5.92 Å². The van der Waals surface area contributed by atoms with Crippen LogP contribution < -0.4 is 16.0 Å². The zero-order valence-corrected chi connectivity index (χ0v) is 11.4. The second kappa shape index (κ2) is 6.21. The minimum absolute atomic E-state index is 0.231. The van der Waals surface area contributed by atoms with Gasteiger partial charge in [0.15, 0.2) is 0 Å². The minimum atomic E-state index is 0.231. The fourth-order valence-electron chi connectivity index (χ4n) is 2.03. The van der Waals surface area contributed by atoms with E-state index in [1.807, 2.05) is 0 Å². The van der Waals surface area contributed by atoms with E-state index < -0.39 is 0 Å². The smallest absolute Gasteiger partial charge is 0.119 e. The molecule has 1 fully saturated rings. The van der Waals surface area contributed by atoms with E-state index >= 15 is 0 Å². The third kappa shape index (κ3) is 3.72. The molecule has 2 unspecified atom stereocenters. The van der Waals surface area contributed by atoms with Crippen LogP contribution in [0.4, 0.5) is 0 Å². The monoisotopic (exact) mass is 248 g/mol. The molecular weight excluding hydrogens is 224 g/mol. The van der Waals surface area contributed by atoms with Gasteiger partial charge in [0.05, 0.1) is 6.10 Å². The lowest BCUT2D eigenvalue weighted by Gasteiger charge is -2.20. The van der Waals surface area contributed by atoms with E-state index in [4.69, 9.17) is 10.6 Å². The van der Waals surface area contributed by atoms with Crippen LogP contribution in [0.5, 0.6) is 5.75 Å². The minimum Gasteiger partial charge on any atom is -0.490 e. The summed E-state index contributed by atoms with van der Waals surface area (Å²) in [6.45, 7) is 4.47. The van der Waals surface area contributed by atoms with Crippen molar-refractivity contribution >= 4 is 0 Å². The Kier molecular flexibility index (Phi) is 4.61. The highest BCUT2D eigenvalue weighted by Gasteiger charge is 2.23. The quantitative estimate of drug-likeness (QED) is 0.575. The number of nitrogens with one attached hydrogen (secondary N) is 1. The van der Waals surface area contributed by atoms with Crippen molar-refractivity contribution in [3.8, 4) is 5.75 Å². The molecule has 100 valence electrons. The average molecular weight is 248 g/mol. The van der Waals surface area contributed by atoms with Crippen LogP contribution in [0.3, 0.4) is 0 Å². The molecule has 0 aromatic heterocycles. The maximum Gasteiger partial charge on any atom is 0.119 e. The van der Waals surface area contributed by atoms with E-state index in [2.05, 4.69) is 43.5 Å². The number of hydrogen-bond acceptors (Lipinski definition) is 3. The van der Waals surface area contributed by atoms with Gasteiger partial charge < -0.3 is 4.74 Å². The molecule has 0 spiro atoms. The number of rotatable bonds is 7. The maximum atomic E-state index is 5.74. The third-order valence-electron chi connectivity index (χ3n) is 3.65. The topological polar surface area (TPSA) is 47.3 Å². The Morgan fingerprint density at radius 3 is 2.50 bits per heavy atom. The molecule has 1 aliphatic carbocycles. The lowest BCUT2D eigenvalue weighted by molar-refractivity contribution is 0.303. The predicted molar refractivity (Wildman–Crippen MR) is 74.2 cm³/mol. The molecule has 0 heterocycles. The summed E-state index contributed by atoms with van der Waals surface area (Å²) in [5.74, 6) is 7.30. The SMILES string of the molecule is CCC(C)CC(NN)c1ccc(OC2CC2)cc1. The molecule has 0 bridgehead atoms. The Bertz CT molecular complexity index is 359. The number of ether oxygens (including phenoxy) is 1. The first-order valence-electron chi connectivity index (χ1n) is 6.95. The number of nitrogens with two attached hydrogens (primary N) is 1. The van der Waals surface area contributed by atoms with Crippen molar-refractivity contribution < 1.29 is 4.74 Å². The molecule has 0 amide bonds. The third-order valence-corrected chi connectivity index (χ3v) is 3.65. The van der Waals surface area contributed by atoms with Crippen molar-refractivity contribution in [1.82, 2.24) is 5.43 Å². The highest BCUT2D eigenvalue weighted by molar-refractivity contribution is 5.29. The normalized spacial score (nSPS) is 18.4.